The van der Waals surface area contributed by atoms with E-state index in [0.29, 0.717) is 30.6 Å². The van der Waals surface area contributed by atoms with E-state index in [1.165, 1.54) is 23.7 Å². The zero-order valence-electron chi connectivity index (χ0n) is 15.6. The molecule has 1 aliphatic heterocycles. The Morgan fingerprint density at radius 3 is 2.66 bits per heavy atom. The second-order valence-corrected chi connectivity index (χ2v) is 7.84. The summed E-state index contributed by atoms with van der Waals surface area (Å²) in [7, 11) is 0. The predicted octanol–water partition coefficient (Wildman–Crippen LogP) is 3.80. The third-order valence-electron chi connectivity index (χ3n) is 4.91. The summed E-state index contributed by atoms with van der Waals surface area (Å²) >= 11 is 1.19. The van der Waals surface area contributed by atoms with Crippen molar-refractivity contribution in [2.45, 2.75) is 19.9 Å². The summed E-state index contributed by atoms with van der Waals surface area (Å²) in [4.78, 5) is 39.6. The number of hydrogen-bond acceptors (Lipinski definition) is 5. The first-order valence-corrected chi connectivity index (χ1v) is 9.85. The summed E-state index contributed by atoms with van der Waals surface area (Å²) in [6.45, 7) is 2.62. The fraction of sp³-hybridized carbons (Fsp3) is 0.190. The van der Waals surface area contributed by atoms with Crippen molar-refractivity contribution in [2.24, 2.45) is 0 Å². The highest BCUT2D eigenvalue weighted by Gasteiger charge is 2.31. The van der Waals surface area contributed by atoms with Crippen molar-refractivity contribution in [3.63, 3.8) is 0 Å². The molecule has 0 bridgehead atoms. The second kappa shape index (κ2) is 7.56. The number of carbonyl (C=O) groups is 3. The number of thiophene rings is 1. The Balaban J connectivity index is 1.62. The lowest BCUT2D eigenvalue weighted by Crippen LogP contribution is -2.36. The lowest BCUT2D eigenvalue weighted by molar-refractivity contribution is 0.0696. The first-order chi connectivity index (χ1) is 14.0. The van der Waals surface area contributed by atoms with E-state index >= 15 is 0 Å². The van der Waals surface area contributed by atoms with Gasteiger partial charge in [-0.05, 0) is 42.7 Å². The molecule has 0 atom stereocenters. The van der Waals surface area contributed by atoms with Gasteiger partial charge in [-0.25, -0.2) is 4.79 Å². The first-order valence-electron chi connectivity index (χ1n) is 9.03. The third-order valence-corrected chi connectivity index (χ3v) is 6.04. The number of carboxylic acids is 1. The number of carboxylic acid groups (broad SMARTS) is 1. The van der Waals surface area contributed by atoms with Crippen molar-refractivity contribution in [1.29, 1.82) is 0 Å². The number of nitrogens with zero attached hydrogens (tertiary/aromatic N) is 1. The number of benzene rings is 1. The molecule has 0 aliphatic carbocycles. The second-order valence-electron chi connectivity index (χ2n) is 6.74. The molecule has 2 amide bonds. The van der Waals surface area contributed by atoms with Crippen LogP contribution < -0.4 is 5.32 Å². The van der Waals surface area contributed by atoms with Crippen LogP contribution in [0.15, 0.2) is 47.1 Å². The van der Waals surface area contributed by atoms with Crippen molar-refractivity contribution < 1.29 is 23.9 Å². The fourth-order valence-electron chi connectivity index (χ4n) is 3.45. The van der Waals surface area contributed by atoms with Gasteiger partial charge in [-0.3, -0.25) is 9.59 Å². The van der Waals surface area contributed by atoms with Crippen LogP contribution >= 0.6 is 11.3 Å². The number of fused-ring (bicyclic) bond motifs is 1. The van der Waals surface area contributed by atoms with Crippen molar-refractivity contribution in [3.05, 3.63) is 75.6 Å². The van der Waals surface area contributed by atoms with Gasteiger partial charge in [-0.2, -0.15) is 0 Å². The molecule has 0 radical (unpaired) electrons. The lowest BCUT2D eigenvalue weighted by Gasteiger charge is -2.27. The molecule has 8 heteroatoms. The van der Waals surface area contributed by atoms with Crippen molar-refractivity contribution in [2.75, 3.05) is 11.9 Å². The van der Waals surface area contributed by atoms with Gasteiger partial charge in [0.15, 0.2) is 5.76 Å². The van der Waals surface area contributed by atoms with Crippen LogP contribution in [0.4, 0.5) is 5.00 Å². The Morgan fingerprint density at radius 1 is 1.17 bits per heavy atom. The summed E-state index contributed by atoms with van der Waals surface area (Å²) in [6.07, 6.45) is 1.79. The van der Waals surface area contributed by atoms with Gasteiger partial charge < -0.3 is 19.7 Å². The van der Waals surface area contributed by atoms with E-state index in [1.807, 2.05) is 25.1 Å². The number of amides is 2. The van der Waals surface area contributed by atoms with Crippen LogP contribution in [0.5, 0.6) is 0 Å². The molecule has 2 aromatic heterocycles. The van der Waals surface area contributed by atoms with Gasteiger partial charge in [0.2, 0.25) is 0 Å². The molecule has 3 heterocycles. The zero-order chi connectivity index (χ0) is 20.5. The largest absolute Gasteiger partial charge is 0.478 e. The lowest BCUT2D eigenvalue weighted by atomic mass is 10.0. The van der Waals surface area contributed by atoms with Gasteiger partial charge >= 0.3 is 5.97 Å². The van der Waals surface area contributed by atoms with Crippen LogP contribution in [0.2, 0.25) is 0 Å². The van der Waals surface area contributed by atoms with E-state index < -0.39 is 11.9 Å². The molecule has 0 fully saturated rings. The number of anilines is 1. The Morgan fingerprint density at radius 2 is 1.97 bits per heavy atom. The molecule has 0 unspecified atom stereocenters. The van der Waals surface area contributed by atoms with Gasteiger partial charge in [0.05, 0.1) is 18.4 Å². The third kappa shape index (κ3) is 3.54. The number of rotatable bonds is 4. The normalized spacial score (nSPS) is 13.1. The molecule has 3 aromatic rings. The quantitative estimate of drug-likeness (QED) is 0.682. The highest BCUT2D eigenvalue weighted by molar-refractivity contribution is 7.17. The van der Waals surface area contributed by atoms with E-state index in [9.17, 15) is 19.5 Å². The number of furan rings is 1. The standard InChI is InChI=1S/C21H18N2O5S/c1-12-5-2-3-6-13(12)20(25)23-9-8-14-16(11-23)29-19(17(14)21(26)27)22-18(24)15-7-4-10-28-15/h2-7,10H,8-9,11H2,1H3,(H,22,24)(H,26,27). The number of hydrogen-bond donors (Lipinski definition) is 2. The topological polar surface area (TPSA) is 99.9 Å². The van der Waals surface area contributed by atoms with E-state index in [2.05, 4.69) is 5.32 Å². The molecule has 4 rings (SSSR count). The Kier molecular flexibility index (Phi) is 4.94. The molecule has 7 nitrogen and oxygen atoms in total. The minimum absolute atomic E-state index is 0.0832. The van der Waals surface area contributed by atoms with Gasteiger partial charge in [-0.15, -0.1) is 11.3 Å². The summed E-state index contributed by atoms with van der Waals surface area (Å²) in [6, 6.07) is 10.5. The summed E-state index contributed by atoms with van der Waals surface area (Å²) in [5.74, 6) is -1.59. The summed E-state index contributed by atoms with van der Waals surface area (Å²) in [5, 5.41) is 12.6. The molecule has 148 valence electrons. The van der Waals surface area contributed by atoms with Crippen LogP contribution in [0, 0.1) is 6.92 Å². The van der Waals surface area contributed by atoms with E-state index in [-0.39, 0.29) is 22.2 Å². The van der Waals surface area contributed by atoms with Crippen LogP contribution in [-0.4, -0.2) is 34.3 Å². The molecular weight excluding hydrogens is 392 g/mol. The predicted molar refractivity (Wildman–Crippen MR) is 108 cm³/mol. The highest BCUT2D eigenvalue weighted by Crippen LogP contribution is 2.37. The maximum Gasteiger partial charge on any atom is 0.339 e. The molecule has 0 saturated carbocycles. The molecule has 2 N–H and O–H groups in total. The number of nitrogens with one attached hydrogen (secondary N) is 1. The van der Waals surface area contributed by atoms with Gasteiger partial charge in [0.25, 0.3) is 11.8 Å². The molecule has 0 spiro atoms. The van der Waals surface area contributed by atoms with Crippen molar-refractivity contribution in [3.8, 4) is 0 Å². The van der Waals surface area contributed by atoms with Gasteiger partial charge in [-0.1, -0.05) is 18.2 Å². The molecular formula is C21H18N2O5S. The van der Waals surface area contributed by atoms with Crippen molar-refractivity contribution >= 4 is 34.1 Å². The smallest absolute Gasteiger partial charge is 0.339 e. The molecule has 1 aromatic carbocycles. The zero-order valence-corrected chi connectivity index (χ0v) is 16.4. The van der Waals surface area contributed by atoms with Crippen LogP contribution in [0.3, 0.4) is 0 Å². The van der Waals surface area contributed by atoms with E-state index in [1.54, 1.807) is 17.0 Å². The molecule has 1 aliphatic rings. The number of carbonyl (C=O) groups excluding carboxylic acids is 2. The average Bonchev–Trinajstić information content (AvgIpc) is 3.35. The average molecular weight is 410 g/mol. The van der Waals surface area contributed by atoms with Gasteiger partial charge in [0, 0.05) is 17.0 Å². The minimum atomic E-state index is -1.10. The highest BCUT2D eigenvalue weighted by atomic mass is 32.1. The van der Waals surface area contributed by atoms with Crippen LogP contribution in [0.1, 0.15) is 47.3 Å². The monoisotopic (exact) mass is 410 g/mol. The maximum atomic E-state index is 12.9. The number of aryl methyl sites for hydroxylation is 1. The van der Waals surface area contributed by atoms with Crippen molar-refractivity contribution in [1.82, 2.24) is 4.90 Å². The Bertz CT molecular complexity index is 1100. The van der Waals surface area contributed by atoms with Gasteiger partial charge in [0.1, 0.15) is 5.00 Å². The summed E-state index contributed by atoms with van der Waals surface area (Å²) < 4.78 is 5.07. The van der Waals surface area contributed by atoms with E-state index in [4.69, 9.17) is 4.42 Å². The maximum absolute atomic E-state index is 12.9. The van der Waals surface area contributed by atoms with Crippen LogP contribution in [-0.2, 0) is 13.0 Å². The number of aromatic carboxylic acids is 1. The van der Waals surface area contributed by atoms with Crippen LogP contribution in [0.25, 0.3) is 0 Å². The Hall–Kier alpha value is -3.39. The SMILES string of the molecule is Cc1ccccc1C(=O)N1CCc2c(sc(NC(=O)c3ccco3)c2C(=O)O)C1. The fourth-order valence-corrected chi connectivity index (χ4v) is 4.70. The Labute approximate surface area is 170 Å². The minimum Gasteiger partial charge on any atom is -0.478 e. The molecule has 0 saturated heterocycles. The summed E-state index contributed by atoms with van der Waals surface area (Å²) in [5.41, 5.74) is 2.29. The first kappa shape index (κ1) is 18.9. The molecule has 29 heavy (non-hydrogen) atoms. The van der Waals surface area contributed by atoms with E-state index in [0.717, 1.165) is 10.4 Å².